The molecule has 0 N–H and O–H groups in total. The monoisotopic (exact) mass is 569 g/mol. The van der Waals surface area contributed by atoms with Crippen molar-refractivity contribution in [2.75, 3.05) is 13.7 Å². The Hall–Kier alpha value is -3.46. The third-order valence-corrected chi connectivity index (χ3v) is 6.35. The van der Waals surface area contributed by atoms with Gasteiger partial charge in [0.1, 0.15) is 5.82 Å². The Labute approximate surface area is 225 Å². The Bertz CT molecular complexity index is 1380. The summed E-state index contributed by atoms with van der Waals surface area (Å²) in [7, 11) is 1.52. The summed E-state index contributed by atoms with van der Waals surface area (Å²) < 4.78 is 18.7. The number of allylic oxidation sites excluding steroid dienone is 1. The molecule has 0 aliphatic carbocycles. The Balaban J connectivity index is 2.10. The highest BCUT2D eigenvalue weighted by Gasteiger charge is 2.21. The van der Waals surface area contributed by atoms with Crippen molar-refractivity contribution in [3.8, 4) is 11.5 Å². The summed E-state index contributed by atoms with van der Waals surface area (Å²) in [6.45, 7) is 11.5. The van der Waals surface area contributed by atoms with Crippen LogP contribution in [0.4, 0.5) is 0 Å². The molecular formula is C28H32BrN3O5. The number of aromatic nitrogens is 2. The number of fused-ring (bicyclic) bond motifs is 1. The molecule has 0 aliphatic rings. The maximum absolute atomic E-state index is 13.4. The lowest BCUT2D eigenvalue weighted by atomic mass is 10.1. The van der Waals surface area contributed by atoms with Crippen molar-refractivity contribution in [3.63, 3.8) is 0 Å². The van der Waals surface area contributed by atoms with Crippen LogP contribution in [-0.4, -0.2) is 41.7 Å². The van der Waals surface area contributed by atoms with Crippen molar-refractivity contribution in [2.24, 2.45) is 5.10 Å². The van der Waals surface area contributed by atoms with E-state index in [4.69, 9.17) is 19.2 Å². The van der Waals surface area contributed by atoms with Crippen molar-refractivity contribution in [2.45, 2.75) is 52.6 Å². The Morgan fingerprint density at radius 2 is 2.00 bits per heavy atom. The van der Waals surface area contributed by atoms with E-state index in [-0.39, 0.29) is 18.1 Å². The molecule has 0 amide bonds. The van der Waals surface area contributed by atoms with Gasteiger partial charge in [0, 0.05) is 16.0 Å². The summed E-state index contributed by atoms with van der Waals surface area (Å²) in [5.74, 6) is 0.984. The van der Waals surface area contributed by atoms with E-state index in [1.165, 1.54) is 11.8 Å². The normalized spacial score (nSPS) is 12.9. The summed E-state index contributed by atoms with van der Waals surface area (Å²) >= 11 is 3.43. The molecule has 3 aromatic rings. The zero-order valence-electron chi connectivity index (χ0n) is 21.8. The van der Waals surface area contributed by atoms with Crippen LogP contribution in [0, 0.1) is 0 Å². The van der Waals surface area contributed by atoms with Crippen molar-refractivity contribution >= 4 is 39.0 Å². The van der Waals surface area contributed by atoms with Gasteiger partial charge in [-0.05, 0) is 62.6 Å². The lowest BCUT2D eigenvalue weighted by molar-refractivity contribution is -0.150. The first-order valence-electron chi connectivity index (χ1n) is 12.2. The lowest BCUT2D eigenvalue weighted by Gasteiger charge is -2.19. The number of halogens is 1. The van der Waals surface area contributed by atoms with E-state index >= 15 is 0 Å². The van der Waals surface area contributed by atoms with Crippen LogP contribution in [0.25, 0.3) is 10.9 Å². The molecule has 9 heteroatoms. The van der Waals surface area contributed by atoms with E-state index in [0.717, 1.165) is 16.5 Å². The summed E-state index contributed by atoms with van der Waals surface area (Å²) in [6.07, 6.45) is 3.76. The molecule has 0 saturated carbocycles. The minimum atomic E-state index is -0.823. The number of carbonyl (C=O) groups is 1. The maximum atomic E-state index is 13.4. The molecule has 1 aromatic heterocycles. The van der Waals surface area contributed by atoms with Crippen LogP contribution in [0.5, 0.6) is 11.5 Å². The van der Waals surface area contributed by atoms with Crippen molar-refractivity contribution in [1.82, 2.24) is 9.66 Å². The first kappa shape index (κ1) is 28.1. The fraction of sp³-hybridized carbons (Fsp3) is 0.357. The molecule has 0 radical (unpaired) electrons. The molecule has 0 fully saturated rings. The van der Waals surface area contributed by atoms with E-state index in [0.29, 0.717) is 40.2 Å². The van der Waals surface area contributed by atoms with Crippen LogP contribution in [-0.2, 0) is 16.0 Å². The van der Waals surface area contributed by atoms with Crippen LogP contribution in [0.2, 0.25) is 0 Å². The van der Waals surface area contributed by atoms with Gasteiger partial charge in [-0.25, -0.2) is 9.78 Å². The zero-order valence-corrected chi connectivity index (χ0v) is 23.4. The molecule has 3 rings (SSSR count). The molecule has 0 aliphatic heterocycles. The van der Waals surface area contributed by atoms with Gasteiger partial charge in [0.15, 0.2) is 17.6 Å². The fourth-order valence-corrected chi connectivity index (χ4v) is 4.10. The van der Waals surface area contributed by atoms with Crippen molar-refractivity contribution < 1.29 is 19.0 Å². The highest BCUT2D eigenvalue weighted by Crippen LogP contribution is 2.34. The van der Waals surface area contributed by atoms with Crippen LogP contribution >= 0.6 is 15.9 Å². The van der Waals surface area contributed by atoms with Gasteiger partial charge in [0.05, 0.1) is 30.8 Å². The summed E-state index contributed by atoms with van der Waals surface area (Å²) in [6, 6.07) is 9.03. The van der Waals surface area contributed by atoms with Crippen LogP contribution in [0.3, 0.4) is 0 Å². The predicted molar refractivity (Wildman–Crippen MR) is 149 cm³/mol. The van der Waals surface area contributed by atoms with Gasteiger partial charge in [-0.15, -0.1) is 6.58 Å². The minimum absolute atomic E-state index is 0.0175. The summed E-state index contributed by atoms with van der Waals surface area (Å²) in [4.78, 5) is 30.3. The standard InChI is InChI=1S/C28H32BrN3O5/c1-7-10-20-13-19(14-24(35-6)25(20)37-18(5)28(34)36-9-3)16-30-32-26(17(4)8-2)31-23-12-11-21(29)15-22(23)27(32)33/h7,11-18H,1,8-10H2,2-6H3/t17-,18+/m1/s1. The molecule has 0 saturated heterocycles. The fourth-order valence-electron chi connectivity index (χ4n) is 3.74. The number of benzene rings is 2. The van der Waals surface area contributed by atoms with Gasteiger partial charge in [0.2, 0.25) is 0 Å². The molecule has 0 spiro atoms. The Kier molecular flexibility index (Phi) is 9.63. The van der Waals surface area contributed by atoms with Crippen LogP contribution in [0.1, 0.15) is 57.0 Å². The largest absolute Gasteiger partial charge is 0.493 e. The number of rotatable bonds is 11. The van der Waals surface area contributed by atoms with Crippen LogP contribution in [0.15, 0.2) is 57.4 Å². The summed E-state index contributed by atoms with van der Waals surface area (Å²) in [5, 5.41) is 5.02. The van der Waals surface area contributed by atoms with Gasteiger partial charge in [-0.3, -0.25) is 4.79 Å². The molecule has 37 heavy (non-hydrogen) atoms. The van der Waals surface area contributed by atoms with Crippen LogP contribution < -0.4 is 15.0 Å². The smallest absolute Gasteiger partial charge is 0.347 e. The van der Waals surface area contributed by atoms with Gasteiger partial charge < -0.3 is 14.2 Å². The highest BCUT2D eigenvalue weighted by atomic mass is 79.9. The molecule has 2 atom stereocenters. The van der Waals surface area contributed by atoms with Gasteiger partial charge in [-0.1, -0.05) is 35.9 Å². The quantitative estimate of drug-likeness (QED) is 0.169. The number of ether oxygens (including phenoxy) is 3. The number of hydrogen-bond donors (Lipinski definition) is 0. The van der Waals surface area contributed by atoms with Gasteiger partial charge in [-0.2, -0.15) is 9.78 Å². The second-order valence-corrected chi connectivity index (χ2v) is 9.43. The highest BCUT2D eigenvalue weighted by molar-refractivity contribution is 9.10. The number of esters is 1. The third-order valence-electron chi connectivity index (χ3n) is 5.86. The molecule has 196 valence electrons. The maximum Gasteiger partial charge on any atom is 0.347 e. The van der Waals surface area contributed by atoms with E-state index in [1.54, 1.807) is 38.3 Å². The van der Waals surface area contributed by atoms with E-state index < -0.39 is 12.1 Å². The Morgan fingerprint density at radius 1 is 1.24 bits per heavy atom. The first-order valence-corrected chi connectivity index (χ1v) is 12.9. The predicted octanol–water partition coefficient (Wildman–Crippen LogP) is 5.62. The SMILES string of the molecule is C=CCc1cc(C=Nn2c([C@H](C)CC)nc3ccc(Br)cc3c2=O)cc(OC)c1O[C@@H](C)C(=O)OCC. The van der Waals surface area contributed by atoms with Gasteiger partial charge >= 0.3 is 5.97 Å². The average Bonchev–Trinajstić information content (AvgIpc) is 2.89. The zero-order chi connectivity index (χ0) is 27.1. The van der Waals surface area contributed by atoms with E-state index in [1.807, 2.05) is 32.0 Å². The molecule has 0 unspecified atom stereocenters. The van der Waals surface area contributed by atoms with E-state index in [9.17, 15) is 9.59 Å². The third kappa shape index (κ3) is 6.46. The molecule has 2 aromatic carbocycles. The number of hydrogen-bond acceptors (Lipinski definition) is 7. The van der Waals surface area contributed by atoms with Crippen molar-refractivity contribution in [3.05, 3.63) is 74.8 Å². The molecule has 1 heterocycles. The summed E-state index contributed by atoms with van der Waals surface area (Å²) in [5.41, 5.74) is 1.81. The lowest BCUT2D eigenvalue weighted by Crippen LogP contribution is -2.26. The van der Waals surface area contributed by atoms with E-state index in [2.05, 4.69) is 27.6 Å². The Morgan fingerprint density at radius 3 is 2.65 bits per heavy atom. The second-order valence-electron chi connectivity index (χ2n) is 8.52. The second kappa shape index (κ2) is 12.7. The molecular weight excluding hydrogens is 538 g/mol. The minimum Gasteiger partial charge on any atom is -0.493 e. The van der Waals surface area contributed by atoms with Crippen molar-refractivity contribution in [1.29, 1.82) is 0 Å². The number of nitrogens with zero attached hydrogens (tertiary/aromatic N) is 3. The van der Waals surface area contributed by atoms with Gasteiger partial charge in [0.25, 0.3) is 5.56 Å². The first-order chi connectivity index (χ1) is 17.7. The number of methoxy groups -OCH3 is 1. The average molecular weight is 570 g/mol. The molecule has 8 nitrogen and oxygen atoms in total. The topological polar surface area (TPSA) is 92.0 Å². The number of carbonyl (C=O) groups excluding carboxylic acids is 1. The molecule has 0 bridgehead atoms.